The van der Waals surface area contributed by atoms with Crippen LogP contribution in [0.3, 0.4) is 0 Å². The highest BCUT2D eigenvalue weighted by Gasteiger charge is 2.10. The van der Waals surface area contributed by atoms with E-state index in [4.69, 9.17) is 10.2 Å². The minimum absolute atomic E-state index is 0.0138. The van der Waals surface area contributed by atoms with Crippen molar-refractivity contribution in [1.82, 2.24) is 4.57 Å². The third-order valence-electron chi connectivity index (χ3n) is 2.84. The Hall–Kier alpha value is -1.55. The number of oxazole rings is 1. The van der Waals surface area contributed by atoms with Crippen molar-refractivity contribution in [3.8, 4) is 0 Å². The molecule has 0 spiro atoms. The molecule has 0 saturated carbocycles. The lowest BCUT2D eigenvalue weighted by atomic mass is 10.0. The fourth-order valence-corrected chi connectivity index (χ4v) is 1.86. The van der Waals surface area contributed by atoms with Crippen molar-refractivity contribution < 1.29 is 4.42 Å². The molecule has 1 unspecified atom stereocenters. The zero-order chi connectivity index (χ0) is 11.7. The Morgan fingerprint density at radius 3 is 2.94 bits per heavy atom. The molecule has 86 valence electrons. The molecule has 1 aromatic carbocycles. The molecule has 16 heavy (non-hydrogen) atoms. The highest BCUT2D eigenvalue weighted by atomic mass is 16.4. The van der Waals surface area contributed by atoms with Crippen LogP contribution in [0.15, 0.2) is 27.4 Å². The average molecular weight is 220 g/mol. The number of hydrogen-bond donors (Lipinski definition) is 1. The summed E-state index contributed by atoms with van der Waals surface area (Å²) in [5.74, 6) is -0.337. The lowest BCUT2D eigenvalue weighted by Gasteiger charge is -2.09. The molecule has 1 atom stereocenters. The van der Waals surface area contributed by atoms with Crippen molar-refractivity contribution in [2.75, 3.05) is 0 Å². The molecule has 0 amide bonds. The molecule has 2 aromatic rings. The summed E-state index contributed by atoms with van der Waals surface area (Å²) in [4.78, 5) is 11.3. The van der Waals surface area contributed by atoms with Gasteiger partial charge in [0, 0.05) is 13.1 Å². The zero-order valence-electron chi connectivity index (χ0n) is 9.56. The van der Waals surface area contributed by atoms with Crippen LogP contribution in [0, 0.1) is 0 Å². The van der Waals surface area contributed by atoms with Crippen LogP contribution in [0.25, 0.3) is 11.1 Å². The average Bonchev–Trinajstić information content (AvgIpc) is 2.55. The summed E-state index contributed by atoms with van der Waals surface area (Å²) in [6, 6.07) is 5.71. The number of hydrogen-bond acceptors (Lipinski definition) is 3. The van der Waals surface area contributed by atoms with Gasteiger partial charge < -0.3 is 10.2 Å². The number of nitrogens with two attached hydrogens (primary N) is 1. The largest absolute Gasteiger partial charge is 0.419 e. The Labute approximate surface area is 93.7 Å². The molecule has 0 aliphatic rings. The Morgan fingerprint density at radius 1 is 1.50 bits per heavy atom. The zero-order valence-corrected chi connectivity index (χ0v) is 9.56. The van der Waals surface area contributed by atoms with E-state index in [1.54, 1.807) is 7.05 Å². The van der Waals surface area contributed by atoms with E-state index in [1.165, 1.54) is 4.57 Å². The van der Waals surface area contributed by atoms with E-state index in [0.29, 0.717) is 5.58 Å². The SMILES string of the molecule is CCCC(N)c1ccc2c(c1)oc(=O)n2C. The summed E-state index contributed by atoms with van der Waals surface area (Å²) in [6.45, 7) is 2.10. The number of rotatable bonds is 3. The van der Waals surface area contributed by atoms with Crippen LogP contribution in [0.4, 0.5) is 0 Å². The first-order chi connectivity index (χ1) is 7.63. The van der Waals surface area contributed by atoms with Crippen LogP contribution in [0.5, 0.6) is 0 Å². The molecular formula is C12H16N2O2. The van der Waals surface area contributed by atoms with Crippen molar-refractivity contribution in [3.63, 3.8) is 0 Å². The first-order valence-electron chi connectivity index (χ1n) is 5.48. The van der Waals surface area contributed by atoms with Crippen LogP contribution < -0.4 is 11.5 Å². The molecule has 0 saturated heterocycles. The van der Waals surface area contributed by atoms with Crippen LogP contribution in [0.2, 0.25) is 0 Å². The molecule has 2 rings (SSSR count). The summed E-state index contributed by atoms with van der Waals surface area (Å²) in [6.07, 6.45) is 1.97. The summed E-state index contributed by atoms with van der Waals surface area (Å²) < 4.78 is 6.61. The molecule has 0 aliphatic heterocycles. The van der Waals surface area contributed by atoms with Crippen molar-refractivity contribution >= 4 is 11.1 Å². The second kappa shape index (κ2) is 4.14. The highest BCUT2D eigenvalue weighted by molar-refractivity contribution is 5.73. The third kappa shape index (κ3) is 1.76. The van der Waals surface area contributed by atoms with Gasteiger partial charge in [0.05, 0.1) is 5.52 Å². The lowest BCUT2D eigenvalue weighted by molar-refractivity contribution is 0.527. The maximum atomic E-state index is 11.3. The molecule has 0 bridgehead atoms. The molecule has 0 radical (unpaired) electrons. The second-order valence-electron chi connectivity index (χ2n) is 4.05. The monoisotopic (exact) mass is 220 g/mol. The quantitative estimate of drug-likeness (QED) is 0.859. The van der Waals surface area contributed by atoms with Gasteiger partial charge in [-0.3, -0.25) is 4.57 Å². The smallest absolute Gasteiger partial charge is 0.408 e. The van der Waals surface area contributed by atoms with Crippen LogP contribution >= 0.6 is 0 Å². The van der Waals surface area contributed by atoms with Gasteiger partial charge >= 0.3 is 5.76 Å². The molecule has 4 heteroatoms. The number of nitrogens with zero attached hydrogens (tertiary/aromatic N) is 1. The van der Waals surface area contributed by atoms with E-state index >= 15 is 0 Å². The highest BCUT2D eigenvalue weighted by Crippen LogP contribution is 2.20. The molecule has 0 aliphatic carbocycles. The van der Waals surface area contributed by atoms with E-state index in [1.807, 2.05) is 18.2 Å². The predicted octanol–water partition coefficient (Wildman–Crippen LogP) is 1.93. The van der Waals surface area contributed by atoms with Crippen LogP contribution in [-0.4, -0.2) is 4.57 Å². The molecule has 1 heterocycles. The number of benzene rings is 1. The van der Waals surface area contributed by atoms with Gasteiger partial charge in [-0.05, 0) is 24.1 Å². The first kappa shape index (κ1) is 11.0. The number of fused-ring (bicyclic) bond motifs is 1. The van der Waals surface area contributed by atoms with Gasteiger partial charge in [0.1, 0.15) is 0 Å². The third-order valence-corrected chi connectivity index (χ3v) is 2.84. The summed E-state index contributed by atoms with van der Waals surface area (Å²) in [7, 11) is 1.69. The molecule has 1 aromatic heterocycles. The van der Waals surface area contributed by atoms with Gasteiger partial charge in [-0.1, -0.05) is 19.4 Å². The second-order valence-corrected chi connectivity index (χ2v) is 4.05. The lowest BCUT2D eigenvalue weighted by Crippen LogP contribution is -2.09. The van der Waals surface area contributed by atoms with Gasteiger partial charge in [-0.25, -0.2) is 4.79 Å². The van der Waals surface area contributed by atoms with Crippen molar-refractivity contribution in [2.45, 2.75) is 25.8 Å². The van der Waals surface area contributed by atoms with E-state index in [-0.39, 0.29) is 11.8 Å². The predicted molar refractivity (Wildman–Crippen MR) is 63.3 cm³/mol. The maximum absolute atomic E-state index is 11.3. The summed E-state index contributed by atoms with van der Waals surface area (Å²) in [5.41, 5.74) is 8.44. The van der Waals surface area contributed by atoms with Crippen LogP contribution in [0.1, 0.15) is 31.4 Å². The van der Waals surface area contributed by atoms with Crippen molar-refractivity contribution in [1.29, 1.82) is 0 Å². The minimum atomic E-state index is -0.337. The minimum Gasteiger partial charge on any atom is -0.408 e. The summed E-state index contributed by atoms with van der Waals surface area (Å²) in [5, 5.41) is 0. The Balaban J connectivity index is 2.48. The van der Waals surface area contributed by atoms with E-state index in [2.05, 4.69) is 6.92 Å². The van der Waals surface area contributed by atoms with Crippen LogP contribution in [-0.2, 0) is 7.05 Å². The first-order valence-corrected chi connectivity index (χ1v) is 5.48. The Kier molecular flexibility index (Phi) is 2.83. The molecule has 4 nitrogen and oxygen atoms in total. The standard InChI is InChI=1S/C12H16N2O2/c1-3-4-9(13)8-5-6-10-11(7-8)16-12(15)14(10)2/h5-7,9H,3-4,13H2,1-2H3. The van der Waals surface area contributed by atoms with E-state index in [9.17, 15) is 4.79 Å². The van der Waals surface area contributed by atoms with Gasteiger partial charge in [0.15, 0.2) is 5.58 Å². The van der Waals surface area contributed by atoms with E-state index < -0.39 is 0 Å². The van der Waals surface area contributed by atoms with Gasteiger partial charge in [-0.15, -0.1) is 0 Å². The van der Waals surface area contributed by atoms with Gasteiger partial charge in [0.2, 0.25) is 0 Å². The molecular weight excluding hydrogens is 204 g/mol. The topological polar surface area (TPSA) is 61.2 Å². The number of aromatic nitrogens is 1. The normalized spacial score (nSPS) is 13.2. The van der Waals surface area contributed by atoms with Crippen molar-refractivity contribution in [3.05, 3.63) is 34.3 Å². The van der Waals surface area contributed by atoms with Gasteiger partial charge in [0.25, 0.3) is 0 Å². The Bertz CT molecular complexity index is 554. The summed E-state index contributed by atoms with van der Waals surface area (Å²) >= 11 is 0. The van der Waals surface area contributed by atoms with Crippen molar-refractivity contribution in [2.24, 2.45) is 12.8 Å². The fourth-order valence-electron chi connectivity index (χ4n) is 1.86. The molecule has 0 fully saturated rings. The molecule has 2 N–H and O–H groups in total. The maximum Gasteiger partial charge on any atom is 0.419 e. The fraction of sp³-hybridized carbons (Fsp3) is 0.417. The number of aryl methyl sites for hydroxylation is 1. The Morgan fingerprint density at radius 2 is 2.25 bits per heavy atom. The van der Waals surface area contributed by atoms with Gasteiger partial charge in [-0.2, -0.15) is 0 Å². The van der Waals surface area contributed by atoms with E-state index in [0.717, 1.165) is 23.9 Å².